The van der Waals surface area contributed by atoms with Crippen LogP contribution in [-0.4, -0.2) is 28.6 Å². The van der Waals surface area contributed by atoms with Crippen molar-refractivity contribution in [3.8, 4) is 0 Å². The van der Waals surface area contributed by atoms with E-state index in [2.05, 4.69) is 15.9 Å². The fourth-order valence-electron chi connectivity index (χ4n) is 2.54. The van der Waals surface area contributed by atoms with Crippen LogP contribution in [-0.2, 0) is 4.79 Å². The van der Waals surface area contributed by atoms with Crippen molar-refractivity contribution >= 4 is 21.9 Å². The molecule has 0 amide bonds. The highest BCUT2D eigenvalue weighted by Crippen LogP contribution is 2.31. The lowest BCUT2D eigenvalue weighted by molar-refractivity contribution is -0.142. The second-order valence-corrected chi connectivity index (χ2v) is 5.49. The molecule has 1 aliphatic rings. The molecule has 3 nitrogen and oxygen atoms in total. The first-order valence-corrected chi connectivity index (χ1v) is 6.73. The summed E-state index contributed by atoms with van der Waals surface area (Å²) in [4.78, 5) is 13.0. The van der Waals surface area contributed by atoms with Gasteiger partial charge in [-0.2, -0.15) is 0 Å². The molecule has 98 valence electrons. The van der Waals surface area contributed by atoms with Crippen molar-refractivity contribution in [2.75, 3.05) is 6.54 Å². The number of rotatable bonds is 3. The molecule has 0 aliphatic carbocycles. The number of carbonyl (C=O) groups is 1. The average Bonchev–Trinajstić information content (AvgIpc) is 2.77. The number of halogens is 2. The number of carboxylic acid groups (broad SMARTS) is 1. The first kappa shape index (κ1) is 13.5. The average molecular weight is 316 g/mol. The highest BCUT2D eigenvalue weighted by Gasteiger charge is 2.34. The highest BCUT2D eigenvalue weighted by atomic mass is 79.9. The Kier molecular flexibility index (Phi) is 4.02. The van der Waals surface area contributed by atoms with Gasteiger partial charge in [0, 0.05) is 16.1 Å². The number of carboxylic acids is 1. The Morgan fingerprint density at radius 2 is 2.33 bits per heavy atom. The minimum absolute atomic E-state index is 0.221. The third-order valence-corrected chi connectivity index (χ3v) is 3.98. The number of likely N-dealkylation sites (tertiary alicyclic amines) is 1. The van der Waals surface area contributed by atoms with Crippen LogP contribution in [0.15, 0.2) is 22.7 Å². The van der Waals surface area contributed by atoms with Gasteiger partial charge in [-0.05, 0) is 38.4 Å². The van der Waals surface area contributed by atoms with Crippen molar-refractivity contribution in [1.29, 1.82) is 0 Å². The molecule has 1 aromatic carbocycles. The Morgan fingerprint density at radius 1 is 1.61 bits per heavy atom. The van der Waals surface area contributed by atoms with E-state index in [0.29, 0.717) is 23.0 Å². The van der Waals surface area contributed by atoms with Crippen molar-refractivity contribution in [1.82, 2.24) is 4.90 Å². The topological polar surface area (TPSA) is 40.5 Å². The van der Waals surface area contributed by atoms with E-state index in [1.54, 1.807) is 12.1 Å². The molecule has 0 saturated carbocycles. The largest absolute Gasteiger partial charge is 0.480 e. The van der Waals surface area contributed by atoms with Crippen LogP contribution in [0.2, 0.25) is 0 Å². The number of benzene rings is 1. The molecule has 2 atom stereocenters. The minimum Gasteiger partial charge on any atom is -0.480 e. The molecule has 1 saturated heterocycles. The Morgan fingerprint density at radius 3 is 2.94 bits per heavy atom. The summed E-state index contributed by atoms with van der Waals surface area (Å²) in [5, 5.41) is 9.15. The van der Waals surface area contributed by atoms with Gasteiger partial charge in [0.2, 0.25) is 0 Å². The Bertz CT molecular complexity index is 466. The van der Waals surface area contributed by atoms with Crippen LogP contribution >= 0.6 is 15.9 Å². The summed E-state index contributed by atoms with van der Waals surface area (Å²) in [5.41, 5.74) is 0.548. The third kappa shape index (κ3) is 2.57. The Labute approximate surface area is 114 Å². The number of hydrogen-bond acceptors (Lipinski definition) is 2. The molecule has 0 aromatic heterocycles. The third-order valence-electron chi connectivity index (χ3n) is 3.49. The summed E-state index contributed by atoms with van der Waals surface area (Å²) in [6.07, 6.45) is 1.48. The molecule has 5 heteroatoms. The molecule has 1 N–H and O–H groups in total. The van der Waals surface area contributed by atoms with Gasteiger partial charge in [-0.3, -0.25) is 9.69 Å². The van der Waals surface area contributed by atoms with Crippen LogP contribution in [0.5, 0.6) is 0 Å². The van der Waals surface area contributed by atoms with Crippen molar-refractivity contribution < 1.29 is 14.3 Å². The molecule has 1 aliphatic heterocycles. The molecule has 0 radical (unpaired) electrons. The predicted molar refractivity (Wildman–Crippen MR) is 69.9 cm³/mol. The van der Waals surface area contributed by atoms with Crippen molar-refractivity contribution in [3.63, 3.8) is 0 Å². The molecule has 1 fully saturated rings. The molecule has 1 heterocycles. The second kappa shape index (κ2) is 5.36. The molecule has 18 heavy (non-hydrogen) atoms. The van der Waals surface area contributed by atoms with Crippen LogP contribution in [0, 0.1) is 5.82 Å². The van der Waals surface area contributed by atoms with Gasteiger partial charge < -0.3 is 5.11 Å². The maximum atomic E-state index is 13.9. The van der Waals surface area contributed by atoms with Crippen LogP contribution in [0.3, 0.4) is 0 Å². The second-order valence-electron chi connectivity index (χ2n) is 4.58. The molecule has 2 rings (SSSR count). The van der Waals surface area contributed by atoms with Crippen LogP contribution in [0.4, 0.5) is 4.39 Å². The quantitative estimate of drug-likeness (QED) is 0.931. The van der Waals surface area contributed by atoms with Gasteiger partial charge in [0.25, 0.3) is 0 Å². The lowest BCUT2D eigenvalue weighted by Gasteiger charge is -2.28. The van der Waals surface area contributed by atoms with Crippen LogP contribution in [0.25, 0.3) is 0 Å². The Hall–Kier alpha value is -0.940. The first-order chi connectivity index (χ1) is 8.50. The maximum Gasteiger partial charge on any atom is 0.320 e. The molecule has 0 bridgehead atoms. The minimum atomic E-state index is -0.822. The van der Waals surface area contributed by atoms with Crippen molar-refractivity contribution in [2.24, 2.45) is 0 Å². The number of hydrogen-bond donors (Lipinski definition) is 1. The number of nitrogens with zero attached hydrogens (tertiary/aromatic N) is 1. The van der Waals surface area contributed by atoms with Crippen molar-refractivity contribution in [2.45, 2.75) is 31.8 Å². The van der Waals surface area contributed by atoms with E-state index in [4.69, 9.17) is 5.11 Å². The van der Waals surface area contributed by atoms with E-state index in [0.717, 1.165) is 6.42 Å². The van der Waals surface area contributed by atoms with Gasteiger partial charge in [-0.15, -0.1) is 0 Å². The zero-order valence-electron chi connectivity index (χ0n) is 10.1. The standard InChI is InChI=1S/C13H15BrFNO2/c1-8(10-5-4-9(14)7-11(10)15)16-6-2-3-12(16)13(17)18/h4-5,7-8,12H,2-3,6H2,1H3,(H,17,18). The van der Waals surface area contributed by atoms with E-state index in [1.165, 1.54) is 6.07 Å². The fraction of sp³-hybridized carbons (Fsp3) is 0.462. The Balaban J connectivity index is 2.25. The van der Waals surface area contributed by atoms with Crippen molar-refractivity contribution in [3.05, 3.63) is 34.1 Å². The van der Waals surface area contributed by atoms with Gasteiger partial charge in [0.1, 0.15) is 11.9 Å². The van der Waals surface area contributed by atoms with E-state index >= 15 is 0 Å². The summed E-state index contributed by atoms with van der Waals surface area (Å²) in [7, 11) is 0. The summed E-state index contributed by atoms with van der Waals surface area (Å²) in [6.45, 7) is 2.56. The number of aliphatic carboxylic acids is 1. The van der Waals surface area contributed by atoms with Gasteiger partial charge >= 0.3 is 5.97 Å². The zero-order valence-corrected chi connectivity index (χ0v) is 11.7. The first-order valence-electron chi connectivity index (χ1n) is 5.94. The molecule has 1 aromatic rings. The monoisotopic (exact) mass is 315 g/mol. The van der Waals surface area contributed by atoms with Gasteiger partial charge in [0.05, 0.1) is 0 Å². The van der Waals surface area contributed by atoms with Crippen LogP contribution < -0.4 is 0 Å². The van der Waals surface area contributed by atoms with E-state index < -0.39 is 12.0 Å². The van der Waals surface area contributed by atoms with E-state index in [1.807, 2.05) is 11.8 Å². The fourth-order valence-corrected chi connectivity index (χ4v) is 2.87. The highest BCUT2D eigenvalue weighted by molar-refractivity contribution is 9.10. The van der Waals surface area contributed by atoms with E-state index in [-0.39, 0.29) is 11.9 Å². The SMILES string of the molecule is CC(c1ccc(Br)cc1F)N1CCCC1C(=O)O. The summed E-state index contributed by atoms with van der Waals surface area (Å²) >= 11 is 3.22. The van der Waals surface area contributed by atoms with E-state index in [9.17, 15) is 9.18 Å². The normalized spacial score (nSPS) is 22.1. The summed E-state index contributed by atoms with van der Waals surface area (Å²) < 4.78 is 14.6. The molecular formula is C13H15BrFNO2. The summed E-state index contributed by atoms with van der Waals surface area (Å²) in [5.74, 6) is -1.12. The lowest BCUT2D eigenvalue weighted by Crippen LogP contribution is -2.38. The smallest absolute Gasteiger partial charge is 0.320 e. The van der Waals surface area contributed by atoms with Gasteiger partial charge in [-0.1, -0.05) is 22.0 Å². The zero-order chi connectivity index (χ0) is 13.3. The van der Waals surface area contributed by atoms with Crippen LogP contribution in [0.1, 0.15) is 31.4 Å². The molecule has 2 unspecified atom stereocenters. The molecular weight excluding hydrogens is 301 g/mol. The van der Waals surface area contributed by atoms with Gasteiger partial charge in [-0.25, -0.2) is 4.39 Å². The summed E-state index contributed by atoms with van der Waals surface area (Å²) in [6, 6.07) is 4.18. The molecule has 0 spiro atoms. The lowest BCUT2D eigenvalue weighted by atomic mass is 10.1. The predicted octanol–water partition coefficient (Wildman–Crippen LogP) is 3.20. The maximum absolute atomic E-state index is 13.9. The van der Waals surface area contributed by atoms with Gasteiger partial charge in [0.15, 0.2) is 0 Å².